The molecule has 0 radical (unpaired) electrons. The third-order valence-corrected chi connectivity index (χ3v) is 10.9. The van der Waals surface area contributed by atoms with Crippen molar-refractivity contribution in [3.05, 3.63) is 88.0 Å². The number of carbonyl (C=O) groups is 3. The van der Waals surface area contributed by atoms with Gasteiger partial charge in [-0.1, -0.05) is 18.2 Å². The normalized spacial score (nSPS) is 15.8. The molecule has 3 aromatic rings. The summed E-state index contributed by atoms with van der Waals surface area (Å²) in [7, 11) is -7.00. The number of primary sulfonamides is 1. The third-order valence-electron chi connectivity index (χ3n) is 7.75. The first kappa shape index (κ1) is 32.0. The Morgan fingerprint density at radius 1 is 0.930 bits per heavy atom. The quantitative estimate of drug-likeness (QED) is 0.280. The van der Waals surface area contributed by atoms with Crippen LogP contribution in [0.15, 0.2) is 64.4 Å². The molecule has 11 nitrogen and oxygen atoms in total. The number of nitrogens with two attached hydrogens (primary N) is 1. The highest BCUT2D eigenvalue weighted by Gasteiger charge is 2.47. The lowest BCUT2D eigenvalue weighted by atomic mass is 10.0. The van der Waals surface area contributed by atoms with Crippen LogP contribution in [0, 0.1) is 27.7 Å². The maximum atomic E-state index is 14.4. The second-order valence-corrected chi connectivity index (χ2v) is 13.9. The highest BCUT2D eigenvalue weighted by Crippen LogP contribution is 2.34. The number of ether oxygens (including phenoxy) is 1. The number of methoxy groups -OCH3 is 1. The van der Waals surface area contributed by atoms with Crippen molar-refractivity contribution in [2.75, 3.05) is 18.6 Å². The lowest BCUT2D eigenvalue weighted by Gasteiger charge is -2.29. The summed E-state index contributed by atoms with van der Waals surface area (Å²) >= 11 is 0. The molecule has 0 saturated carbocycles. The number of hydrogen-bond donors (Lipinski definition) is 1. The van der Waals surface area contributed by atoms with Crippen molar-refractivity contribution < 1.29 is 36.0 Å². The molecule has 228 valence electrons. The molecule has 0 aromatic heterocycles. The Morgan fingerprint density at radius 3 is 2.00 bits per heavy atom. The van der Waals surface area contributed by atoms with Gasteiger partial charge >= 0.3 is 5.97 Å². The van der Waals surface area contributed by atoms with Crippen LogP contribution in [0.5, 0.6) is 0 Å². The molecule has 1 atom stereocenters. The first-order valence-corrected chi connectivity index (χ1v) is 16.3. The molecule has 1 fully saturated rings. The minimum absolute atomic E-state index is 0.0794. The molecule has 0 bridgehead atoms. The molecule has 1 unspecified atom stereocenters. The number of imide groups is 1. The zero-order valence-corrected chi connectivity index (χ0v) is 26.1. The van der Waals surface area contributed by atoms with Crippen molar-refractivity contribution in [1.29, 1.82) is 0 Å². The molecule has 2 amide bonds. The fraction of sp³-hybridized carbons (Fsp3) is 0.300. The van der Waals surface area contributed by atoms with Gasteiger partial charge in [0.05, 0.1) is 34.6 Å². The van der Waals surface area contributed by atoms with Gasteiger partial charge in [-0.3, -0.25) is 9.59 Å². The van der Waals surface area contributed by atoms with Crippen molar-refractivity contribution >= 4 is 43.5 Å². The van der Waals surface area contributed by atoms with E-state index in [4.69, 9.17) is 9.88 Å². The largest absolute Gasteiger partial charge is 0.465 e. The molecule has 13 heteroatoms. The second-order valence-electron chi connectivity index (χ2n) is 10.5. The zero-order chi connectivity index (χ0) is 31.9. The number of anilines is 1. The summed E-state index contributed by atoms with van der Waals surface area (Å²) in [6.45, 7) is 6.86. The zero-order valence-electron chi connectivity index (χ0n) is 24.4. The van der Waals surface area contributed by atoms with E-state index in [9.17, 15) is 31.2 Å². The standard InChI is InChI=1S/C30H33N3O8S2/c1-18-16-19(2)21(4)28(20(18)3)43(39,40)32(15-14-22-6-12-25(13-7-22)42(31,37)38)26-17-27(34)33(29(26)35)24-10-8-23(9-11-24)30(36)41-5/h6-13,16,26H,14-15,17H2,1-5H3,(H2,31,37,38). The first-order chi connectivity index (χ1) is 20.1. The van der Waals surface area contributed by atoms with Gasteiger partial charge in [-0.05, 0) is 98.3 Å². The number of carbonyl (C=O) groups excluding carboxylic acids is 3. The minimum Gasteiger partial charge on any atom is -0.465 e. The van der Waals surface area contributed by atoms with E-state index in [2.05, 4.69) is 0 Å². The van der Waals surface area contributed by atoms with Gasteiger partial charge in [0.2, 0.25) is 26.0 Å². The van der Waals surface area contributed by atoms with Gasteiger partial charge in [0.25, 0.3) is 5.91 Å². The van der Waals surface area contributed by atoms with E-state index in [1.807, 2.05) is 19.9 Å². The van der Waals surface area contributed by atoms with E-state index < -0.39 is 43.9 Å². The van der Waals surface area contributed by atoms with Gasteiger partial charge in [-0.15, -0.1) is 0 Å². The first-order valence-electron chi connectivity index (χ1n) is 13.3. The van der Waals surface area contributed by atoms with Crippen LogP contribution >= 0.6 is 0 Å². The fourth-order valence-electron chi connectivity index (χ4n) is 5.19. The molecular formula is C30H33N3O8S2. The fourth-order valence-corrected chi connectivity index (χ4v) is 7.87. The van der Waals surface area contributed by atoms with Gasteiger partial charge in [-0.2, -0.15) is 4.31 Å². The Morgan fingerprint density at radius 2 is 1.49 bits per heavy atom. The van der Waals surface area contributed by atoms with Crippen molar-refractivity contribution in [3.63, 3.8) is 0 Å². The van der Waals surface area contributed by atoms with E-state index in [0.29, 0.717) is 16.7 Å². The maximum Gasteiger partial charge on any atom is 0.337 e. The minimum atomic E-state index is -4.32. The molecule has 1 aliphatic rings. The molecule has 1 heterocycles. The number of aryl methyl sites for hydroxylation is 2. The molecular weight excluding hydrogens is 594 g/mol. The maximum absolute atomic E-state index is 14.4. The summed E-state index contributed by atoms with van der Waals surface area (Å²) in [6, 6.07) is 11.9. The molecule has 43 heavy (non-hydrogen) atoms. The lowest BCUT2D eigenvalue weighted by molar-refractivity contribution is -0.122. The Hall–Kier alpha value is -3.91. The average molecular weight is 628 g/mol. The van der Waals surface area contributed by atoms with E-state index in [0.717, 1.165) is 20.3 Å². The number of sulfonamides is 2. The molecule has 1 aliphatic heterocycles. The van der Waals surface area contributed by atoms with Gasteiger partial charge in [0.15, 0.2) is 0 Å². The van der Waals surface area contributed by atoms with Crippen LogP contribution in [0.2, 0.25) is 0 Å². The number of rotatable bonds is 9. The molecule has 0 spiro atoms. The van der Waals surface area contributed by atoms with Crippen molar-refractivity contribution in [1.82, 2.24) is 4.31 Å². The van der Waals surface area contributed by atoms with Crippen LogP contribution in [0.3, 0.4) is 0 Å². The summed E-state index contributed by atoms with van der Waals surface area (Å²) in [5, 5.41) is 5.19. The van der Waals surface area contributed by atoms with Crippen LogP contribution in [0.4, 0.5) is 5.69 Å². The van der Waals surface area contributed by atoms with Crippen molar-refractivity contribution in [2.24, 2.45) is 5.14 Å². The molecule has 2 N–H and O–H groups in total. The van der Waals surface area contributed by atoms with E-state index in [1.165, 1.54) is 55.6 Å². The number of benzene rings is 3. The van der Waals surface area contributed by atoms with Gasteiger partial charge in [0.1, 0.15) is 6.04 Å². The Kier molecular flexibility index (Phi) is 8.93. The van der Waals surface area contributed by atoms with Gasteiger partial charge < -0.3 is 4.74 Å². The summed E-state index contributed by atoms with van der Waals surface area (Å²) in [4.78, 5) is 39.8. The van der Waals surface area contributed by atoms with E-state index in [-0.39, 0.29) is 40.4 Å². The molecule has 4 rings (SSSR count). The lowest BCUT2D eigenvalue weighted by Crippen LogP contribution is -2.46. The predicted octanol–water partition coefficient (Wildman–Crippen LogP) is 2.92. The summed E-state index contributed by atoms with van der Waals surface area (Å²) < 4.78 is 57.9. The van der Waals surface area contributed by atoms with Gasteiger partial charge in [-0.25, -0.2) is 31.7 Å². The SMILES string of the molecule is COC(=O)c1ccc(N2C(=O)CC(N(CCc3ccc(S(N)(=O)=O)cc3)S(=O)(=O)c3c(C)c(C)cc(C)c3C)C2=O)cc1. The summed E-state index contributed by atoms with van der Waals surface area (Å²) in [5.74, 6) is -1.90. The average Bonchev–Trinajstić information content (AvgIpc) is 3.24. The second kappa shape index (κ2) is 12.0. The number of esters is 1. The highest BCUT2D eigenvalue weighted by atomic mass is 32.2. The molecule has 3 aromatic carbocycles. The summed E-state index contributed by atoms with van der Waals surface area (Å²) in [6.07, 6.45) is -0.261. The van der Waals surface area contributed by atoms with Gasteiger partial charge in [0, 0.05) is 6.54 Å². The van der Waals surface area contributed by atoms with Crippen molar-refractivity contribution in [3.8, 4) is 0 Å². The van der Waals surface area contributed by atoms with Crippen LogP contribution in [-0.2, 0) is 40.8 Å². The Balaban J connectivity index is 1.75. The van der Waals surface area contributed by atoms with Crippen LogP contribution in [0.25, 0.3) is 0 Å². The monoisotopic (exact) mass is 627 g/mol. The topological polar surface area (TPSA) is 161 Å². The highest BCUT2D eigenvalue weighted by molar-refractivity contribution is 7.89. The Labute approximate surface area is 251 Å². The van der Waals surface area contributed by atoms with E-state index >= 15 is 0 Å². The van der Waals surface area contributed by atoms with Crippen molar-refractivity contribution in [2.45, 2.75) is 56.4 Å². The van der Waals surface area contributed by atoms with Crippen LogP contribution in [0.1, 0.15) is 44.6 Å². The molecule has 1 saturated heterocycles. The Bertz CT molecular complexity index is 1790. The van der Waals surface area contributed by atoms with E-state index in [1.54, 1.807) is 13.8 Å². The van der Waals surface area contributed by atoms with Crippen LogP contribution < -0.4 is 10.0 Å². The smallest absolute Gasteiger partial charge is 0.337 e. The summed E-state index contributed by atoms with van der Waals surface area (Å²) in [5.41, 5.74) is 3.63. The predicted molar refractivity (Wildman–Crippen MR) is 159 cm³/mol. The number of hydrogen-bond acceptors (Lipinski definition) is 8. The number of amides is 2. The third kappa shape index (κ3) is 6.25. The van der Waals surface area contributed by atoms with Crippen LogP contribution in [-0.4, -0.2) is 58.6 Å². The molecule has 0 aliphatic carbocycles. The number of nitrogens with zero attached hydrogens (tertiary/aromatic N) is 2.